The van der Waals surface area contributed by atoms with Crippen LogP contribution in [0.5, 0.6) is 0 Å². The van der Waals surface area contributed by atoms with Gasteiger partial charge >= 0.3 is 0 Å². The number of nitrogens with one attached hydrogen (secondary N) is 1. The zero-order valence-corrected chi connectivity index (χ0v) is 20.2. The summed E-state index contributed by atoms with van der Waals surface area (Å²) in [6.45, 7) is 0.989. The summed E-state index contributed by atoms with van der Waals surface area (Å²) in [7, 11) is -3.94. The van der Waals surface area contributed by atoms with Crippen molar-refractivity contribution in [3.63, 3.8) is 0 Å². The highest BCUT2D eigenvalue weighted by molar-refractivity contribution is 7.89. The van der Waals surface area contributed by atoms with Crippen LogP contribution in [0.1, 0.15) is 24.8 Å². The second kappa shape index (κ2) is 11.4. The van der Waals surface area contributed by atoms with Gasteiger partial charge in [-0.2, -0.15) is 0 Å². The highest BCUT2D eigenvalue weighted by Crippen LogP contribution is 2.24. The molecule has 35 heavy (non-hydrogen) atoms. The van der Waals surface area contributed by atoms with Crippen molar-refractivity contribution in [3.05, 3.63) is 78.1 Å². The maximum absolute atomic E-state index is 13.1. The number of nitrogens with zero attached hydrogens (tertiary/aromatic N) is 1. The Balaban J connectivity index is 1.29. The third-order valence-corrected chi connectivity index (χ3v) is 8.06. The molecule has 2 aromatic rings. The highest BCUT2D eigenvalue weighted by atomic mass is 32.2. The maximum Gasteiger partial charge on any atom is 0.241 e. The molecule has 1 fully saturated rings. The molecule has 188 valence electrons. The Morgan fingerprint density at radius 1 is 1.06 bits per heavy atom. The van der Waals surface area contributed by atoms with Crippen molar-refractivity contribution in [1.29, 1.82) is 0 Å². The van der Waals surface area contributed by atoms with Gasteiger partial charge in [0.2, 0.25) is 15.9 Å². The zero-order valence-electron chi connectivity index (χ0n) is 19.4. The van der Waals surface area contributed by atoms with Crippen molar-refractivity contribution < 1.29 is 27.4 Å². The highest BCUT2D eigenvalue weighted by Gasteiger charge is 2.32. The topological polar surface area (TPSA) is 95.9 Å². The van der Waals surface area contributed by atoms with Gasteiger partial charge in [0.15, 0.2) is 0 Å². The number of amides is 1. The second-order valence-electron chi connectivity index (χ2n) is 9.10. The summed E-state index contributed by atoms with van der Waals surface area (Å²) in [6, 6.07) is 14.0. The van der Waals surface area contributed by atoms with Crippen LogP contribution in [0.3, 0.4) is 0 Å². The summed E-state index contributed by atoms with van der Waals surface area (Å²) in [5, 5.41) is 9.78. The average Bonchev–Trinajstić information content (AvgIpc) is 2.86. The summed E-state index contributed by atoms with van der Waals surface area (Å²) < 4.78 is 46.7. The van der Waals surface area contributed by atoms with Crippen molar-refractivity contribution in [2.24, 2.45) is 5.92 Å². The molecular formula is C26H31FN2O5S. The quantitative estimate of drug-likeness (QED) is 0.541. The van der Waals surface area contributed by atoms with Gasteiger partial charge in [-0.1, -0.05) is 42.5 Å². The lowest BCUT2D eigenvalue weighted by molar-refractivity contribution is -0.136. The smallest absolute Gasteiger partial charge is 0.241 e. The Kier molecular flexibility index (Phi) is 8.33. The van der Waals surface area contributed by atoms with Crippen LogP contribution in [-0.4, -0.2) is 62.3 Å². The average molecular weight is 503 g/mol. The predicted octanol–water partition coefficient (Wildman–Crippen LogP) is 2.66. The van der Waals surface area contributed by atoms with Gasteiger partial charge in [0, 0.05) is 13.1 Å². The Labute approximate surface area is 205 Å². The van der Waals surface area contributed by atoms with Crippen molar-refractivity contribution in [3.8, 4) is 0 Å². The third-order valence-electron chi connectivity index (χ3n) is 6.59. The monoisotopic (exact) mass is 502 g/mol. The van der Waals surface area contributed by atoms with Gasteiger partial charge in [-0.25, -0.2) is 17.5 Å². The SMILES string of the molecule is O=C(C[C@@H]1C=C[C@H](NS(=O)(=O)c2ccc(F)cc2)[C@H](CO)O1)N1CCC(Cc2ccccc2)CC1. The summed E-state index contributed by atoms with van der Waals surface area (Å²) in [4.78, 5) is 14.6. The predicted molar refractivity (Wildman–Crippen MR) is 129 cm³/mol. The summed E-state index contributed by atoms with van der Waals surface area (Å²) in [6.07, 6.45) is 4.93. The van der Waals surface area contributed by atoms with Crippen molar-refractivity contribution in [1.82, 2.24) is 9.62 Å². The van der Waals surface area contributed by atoms with Crippen LogP contribution in [0.15, 0.2) is 71.6 Å². The molecule has 3 atom stereocenters. The van der Waals surface area contributed by atoms with Gasteiger partial charge in [-0.15, -0.1) is 0 Å². The number of aliphatic hydroxyl groups is 1. The molecule has 1 saturated heterocycles. The van der Waals surface area contributed by atoms with Crippen LogP contribution >= 0.6 is 0 Å². The van der Waals surface area contributed by atoms with E-state index >= 15 is 0 Å². The fourth-order valence-corrected chi connectivity index (χ4v) is 5.83. The maximum atomic E-state index is 13.1. The molecule has 2 aliphatic rings. The second-order valence-corrected chi connectivity index (χ2v) is 10.8. The molecule has 2 aromatic carbocycles. The fraction of sp³-hybridized carbons (Fsp3) is 0.423. The minimum Gasteiger partial charge on any atom is -0.394 e. The van der Waals surface area contributed by atoms with Gasteiger partial charge in [-0.05, 0) is 55.0 Å². The first-order valence-electron chi connectivity index (χ1n) is 11.9. The number of ether oxygens (including phenoxy) is 1. The third kappa shape index (κ3) is 6.76. The van der Waals surface area contributed by atoms with E-state index in [2.05, 4.69) is 16.9 Å². The Morgan fingerprint density at radius 3 is 2.40 bits per heavy atom. The number of halogens is 1. The van der Waals surface area contributed by atoms with Crippen LogP contribution in [0.4, 0.5) is 4.39 Å². The largest absolute Gasteiger partial charge is 0.394 e. The van der Waals surface area contributed by atoms with Crippen LogP contribution in [-0.2, 0) is 26.0 Å². The molecule has 1 amide bonds. The lowest BCUT2D eigenvalue weighted by atomic mass is 9.90. The number of carbonyl (C=O) groups is 1. The molecule has 0 bridgehead atoms. The van der Waals surface area contributed by atoms with E-state index in [1.54, 1.807) is 12.2 Å². The number of sulfonamides is 1. The van der Waals surface area contributed by atoms with Gasteiger partial charge < -0.3 is 14.7 Å². The Hall–Kier alpha value is -2.59. The van der Waals surface area contributed by atoms with Crippen molar-refractivity contribution >= 4 is 15.9 Å². The Morgan fingerprint density at radius 2 is 1.74 bits per heavy atom. The lowest BCUT2D eigenvalue weighted by Crippen LogP contribution is -2.49. The number of carbonyl (C=O) groups excluding carboxylic acids is 1. The molecule has 0 unspecified atom stereocenters. The standard InChI is InChI=1S/C26H31FN2O5S/c27-21-6-9-23(10-7-21)35(32,33)28-24-11-8-22(34-25(24)18-30)17-26(31)29-14-12-20(13-15-29)16-19-4-2-1-3-5-19/h1-11,20,22,24-25,28,30H,12-18H2/t22-,24-,25-/m0/s1. The van der Waals surface area contributed by atoms with Gasteiger partial charge in [0.05, 0.1) is 30.1 Å². The van der Waals surface area contributed by atoms with E-state index in [0.717, 1.165) is 31.4 Å². The molecule has 2 aliphatic heterocycles. The first-order chi connectivity index (χ1) is 16.8. The fourth-order valence-electron chi connectivity index (χ4n) is 4.61. The molecule has 0 saturated carbocycles. The van der Waals surface area contributed by atoms with Crippen LogP contribution in [0, 0.1) is 11.7 Å². The van der Waals surface area contributed by atoms with E-state index in [1.165, 1.54) is 17.7 Å². The molecular weight excluding hydrogens is 471 g/mol. The summed E-state index contributed by atoms with van der Waals surface area (Å²) in [5.41, 5.74) is 1.32. The van der Waals surface area contributed by atoms with E-state index in [4.69, 9.17) is 4.74 Å². The molecule has 2 N–H and O–H groups in total. The first-order valence-corrected chi connectivity index (χ1v) is 13.4. The number of rotatable bonds is 8. The molecule has 0 radical (unpaired) electrons. The molecule has 0 spiro atoms. The minimum absolute atomic E-state index is 0.0140. The molecule has 0 aliphatic carbocycles. The van der Waals surface area contributed by atoms with Gasteiger partial charge in [0.25, 0.3) is 0 Å². The van der Waals surface area contributed by atoms with Gasteiger partial charge in [0.1, 0.15) is 11.9 Å². The zero-order chi connectivity index (χ0) is 24.8. The molecule has 9 heteroatoms. The van der Waals surface area contributed by atoms with Crippen molar-refractivity contribution in [2.45, 2.75) is 48.8 Å². The molecule has 0 aromatic heterocycles. The van der Waals surface area contributed by atoms with Crippen molar-refractivity contribution in [2.75, 3.05) is 19.7 Å². The Bertz CT molecular complexity index is 1120. The number of hydrogen-bond donors (Lipinski definition) is 2. The van der Waals surface area contributed by atoms with Crippen LogP contribution in [0.25, 0.3) is 0 Å². The van der Waals surface area contributed by atoms with E-state index < -0.39 is 40.7 Å². The number of likely N-dealkylation sites (tertiary alicyclic amines) is 1. The van der Waals surface area contributed by atoms with Crippen LogP contribution in [0.2, 0.25) is 0 Å². The lowest BCUT2D eigenvalue weighted by Gasteiger charge is -2.35. The normalized spacial score (nSPS) is 23.4. The van der Waals surface area contributed by atoms with E-state index in [9.17, 15) is 22.7 Å². The summed E-state index contributed by atoms with van der Waals surface area (Å²) in [5.74, 6) is 0.00629. The molecule has 4 rings (SSSR count). The van der Waals surface area contributed by atoms with Crippen LogP contribution < -0.4 is 4.72 Å². The number of aliphatic hydroxyl groups excluding tert-OH is 1. The molecule has 7 nitrogen and oxygen atoms in total. The summed E-state index contributed by atoms with van der Waals surface area (Å²) >= 11 is 0. The van der Waals surface area contributed by atoms with E-state index in [1.807, 2.05) is 23.1 Å². The number of benzene rings is 2. The first kappa shape index (κ1) is 25.5. The van der Waals surface area contributed by atoms with Gasteiger partial charge in [-0.3, -0.25) is 4.79 Å². The minimum atomic E-state index is -3.94. The number of hydrogen-bond acceptors (Lipinski definition) is 5. The van der Waals surface area contributed by atoms with E-state index in [0.29, 0.717) is 19.0 Å². The van der Waals surface area contributed by atoms with E-state index in [-0.39, 0.29) is 17.2 Å². The number of piperidine rings is 1. The molecule has 2 heterocycles.